The summed E-state index contributed by atoms with van der Waals surface area (Å²) in [6.45, 7) is 3.47. The fourth-order valence-corrected chi connectivity index (χ4v) is 2.54. The summed E-state index contributed by atoms with van der Waals surface area (Å²) >= 11 is 0.863. The Morgan fingerprint density at radius 2 is 2.31 bits per heavy atom. The molecule has 1 aliphatic rings. The minimum Gasteiger partial charge on any atom is -0.309 e. The molecule has 5 heteroatoms. The van der Waals surface area contributed by atoms with Crippen molar-refractivity contribution in [2.24, 2.45) is 5.14 Å². The smallest absolute Gasteiger partial charge is 0.224 e. The van der Waals surface area contributed by atoms with E-state index in [0.717, 1.165) is 23.2 Å². The molecule has 1 aromatic carbocycles. The fraction of sp³-hybridized carbons (Fsp3) is 0.364. The average molecular weight is 240 g/mol. The van der Waals surface area contributed by atoms with Crippen LogP contribution in [0.5, 0.6) is 0 Å². The molecule has 1 atom stereocenters. The van der Waals surface area contributed by atoms with E-state index in [1.54, 1.807) is 11.0 Å². The van der Waals surface area contributed by atoms with Gasteiger partial charge in [0, 0.05) is 18.7 Å². The molecular formula is C11H13FN2OS. The van der Waals surface area contributed by atoms with Crippen molar-refractivity contribution in [3.8, 4) is 0 Å². The van der Waals surface area contributed by atoms with E-state index in [4.69, 9.17) is 5.14 Å². The number of carbonyl (C=O) groups is 1. The molecule has 1 heterocycles. The summed E-state index contributed by atoms with van der Waals surface area (Å²) in [7, 11) is 0. The van der Waals surface area contributed by atoms with Crippen LogP contribution in [0.25, 0.3) is 0 Å². The van der Waals surface area contributed by atoms with Crippen molar-refractivity contribution >= 4 is 23.5 Å². The number of benzene rings is 1. The SMILES string of the molecule is CC(=O)N1c2cc(SN)c(F)cc2CC1C. The highest BCUT2D eigenvalue weighted by atomic mass is 32.2. The molecule has 3 nitrogen and oxygen atoms in total. The van der Waals surface area contributed by atoms with Gasteiger partial charge in [-0.1, -0.05) is 0 Å². The summed E-state index contributed by atoms with van der Waals surface area (Å²) in [5.74, 6) is -0.338. The number of nitrogens with zero attached hydrogens (tertiary/aromatic N) is 1. The lowest BCUT2D eigenvalue weighted by atomic mass is 10.1. The largest absolute Gasteiger partial charge is 0.309 e. The first-order valence-electron chi connectivity index (χ1n) is 5.03. The molecule has 0 saturated carbocycles. The Labute approximate surface area is 97.9 Å². The fourth-order valence-electron chi connectivity index (χ4n) is 2.19. The Hall–Kier alpha value is -1.07. The molecule has 86 valence electrons. The lowest BCUT2D eigenvalue weighted by Crippen LogP contribution is -2.33. The maximum absolute atomic E-state index is 13.5. The van der Waals surface area contributed by atoms with Crippen molar-refractivity contribution in [1.29, 1.82) is 0 Å². The van der Waals surface area contributed by atoms with Crippen LogP contribution < -0.4 is 10.0 Å². The number of halogens is 1. The van der Waals surface area contributed by atoms with Crippen LogP contribution in [0.1, 0.15) is 19.4 Å². The Morgan fingerprint density at radius 3 is 2.88 bits per heavy atom. The molecule has 0 fully saturated rings. The highest BCUT2D eigenvalue weighted by Gasteiger charge is 2.30. The van der Waals surface area contributed by atoms with Gasteiger partial charge < -0.3 is 4.90 Å². The zero-order valence-corrected chi connectivity index (χ0v) is 9.97. The molecule has 2 rings (SSSR count). The van der Waals surface area contributed by atoms with Crippen molar-refractivity contribution in [1.82, 2.24) is 0 Å². The summed E-state index contributed by atoms with van der Waals surface area (Å²) < 4.78 is 13.5. The third kappa shape index (κ3) is 1.70. The van der Waals surface area contributed by atoms with Crippen molar-refractivity contribution < 1.29 is 9.18 Å². The number of nitrogens with two attached hydrogens (primary N) is 1. The molecule has 0 aromatic heterocycles. The first kappa shape index (κ1) is 11.4. The van der Waals surface area contributed by atoms with E-state index < -0.39 is 0 Å². The van der Waals surface area contributed by atoms with Gasteiger partial charge in [0.15, 0.2) is 0 Å². The standard InChI is InChI=1S/C11H13FN2OS/c1-6-3-8-4-9(12)11(16-13)5-10(8)14(6)7(2)15/h4-6H,3,13H2,1-2H3. The molecule has 1 aromatic rings. The number of anilines is 1. The second-order valence-electron chi connectivity index (χ2n) is 3.97. The quantitative estimate of drug-likeness (QED) is 0.764. The highest BCUT2D eigenvalue weighted by molar-refractivity contribution is 7.97. The predicted octanol–water partition coefficient (Wildman–Crippen LogP) is 2.09. The topological polar surface area (TPSA) is 46.3 Å². The van der Waals surface area contributed by atoms with Crippen LogP contribution in [0.3, 0.4) is 0 Å². The van der Waals surface area contributed by atoms with Gasteiger partial charge in [0.2, 0.25) is 5.91 Å². The second-order valence-corrected chi connectivity index (χ2v) is 4.65. The maximum Gasteiger partial charge on any atom is 0.224 e. The Balaban J connectivity index is 2.52. The zero-order chi connectivity index (χ0) is 11.9. The van der Waals surface area contributed by atoms with Crippen LogP contribution in [0.4, 0.5) is 10.1 Å². The molecule has 0 bridgehead atoms. The van der Waals surface area contributed by atoms with Crippen LogP contribution in [0, 0.1) is 5.82 Å². The van der Waals surface area contributed by atoms with Gasteiger partial charge in [-0.25, -0.2) is 4.39 Å². The van der Waals surface area contributed by atoms with E-state index >= 15 is 0 Å². The first-order chi connectivity index (χ1) is 7.54. The molecule has 16 heavy (non-hydrogen) atoms. The minimum atomic E-state index is -0.316. The van der Waals surface area contributed by atoms with Crippen LogP contribution in [-0.4, -0.2) is 11.9 Å². The average Bonchev–Trinajstić information content (AvgIpc) is 2.51. The van der Waals surface area contributed by atoms with Crippen molar-refractivity contribution in [3.05, 3.63) is 23.5 Å². The summed E-state index contributed by atoms with van der Waals surface area (Å²) in [5.41, 5.74) is 1.66. The lowest BCUT2D eigenvalue weighted by Gasteiger charge is -2.20. The first-order valence-corrected chi connectivity index (χ1v) is 5.91. The van der Waals surface area contributed by atoms with E-state index in [-0.39, 0.29) is 17.8 Å². The molecular weight excluding hydrogens is 227 g/mol. The van der Waals surface area contributed by atoms with Crippen LogP contribution >= 0.6 is 11.9 Å². The van der Waals surface area contributed by atoms with Gasteiger partial charge in [0.25, 0.3) is 0 Å². The molecule has 1 amide bonds. The summed E-state index contributed by atoms with van der Waals surface area (Å²) in [6, 6.07) is 3.22. The highest BCUT2D eigenvalue weighted by Crippen LogP contribution is 2.36. The van der Waals surface area contributed by atoms with Crippen molar-refractivity contribution in [3.63, 3.8) is 0 Å². The van der Waals surface area contributed by atoms with E-state index in [1.807, 2.05) is 6.92 Å². The lowest BCUT2D eigenvalue weighted by molar-refractivity contribution is -0.116. The van der Waals surface area contributed by atoms with Gasteiger partial charge in [-0.3, -0.25) is 9.93 Å². The molecule has 0 radical (unpaired) electrons. The van der Waals surface area contributed by atoms with Gasteiger partial charge >= 0.3 is 0 Å². The number of hydrogen-bond acceptors (Lipinski definition) is 3. The summed E-state index contributed by atoms with van der Waals surface area (Å²) in [4.78, 5) is 13.6. The Morgan fingerprint density at radius 1 is 1.62 bits per heavy atom. The van der Waals surface area contributed by atoms with E-state index in [1.165, 1.54) is 13.0 Å². The molecule has 0 saturated heterocycles. The summed E-state index contributed by atoms with van der Waals surface area (Å²) in [5, 5.41) is 5.37. The van der Waals surface area contributed by atoms with Crippen LogP contribution in [-0.2, 0) is 11.2 Å². The van der Waals surface area contributed by atoms with Gasteiger partial charge in [-0.2, -0.15) is 0 Å². The third-order valence-corrected chi connectivity index (χ3v) is 3.38. The van der Waals surface area contributed by atoms with Crippen LogP contribution in [0.2, 0.25) is 0 Å². The predicted molar refractivity (Wildman–Crippen MR) is 62.8 cm³/mol. The molecule has 2 N–H and O–H groups in total. The van der Waals surface area contributed by atoms with E-state index in [0.29, 0.717) is 11.3 Å². The molecule has 0 spiro atoms. The maximum atomic E-state index is 13.5. The number of carbonyl (C=O) groups excluding carboxylic acids is 1. The molecule has 1 aliphatic heterocycles. The molecule has 0 aliphatic carbocycles. The third-order valence-electron chi connectivity index (χ3n) is 2.82. The molecule has 1 unspecified atom stereocenters. The van der Waals surface area contributed by atoms with Crippen LogP contribution in [0.15, 0.2) is 17.0 Å². The van der Waals surface area contributed by atoms with Gasteiger partial charge in [0.05, 0.1) is 4.90 Å². The van der Waals surface area contributed by atoms with Gasteiger partial charge in [-0.05, 0) is 43.0 Å². The van der Waals surface area contributed by atoms with Gasteiger partial charge in [-0.15, -0.1) is 0 Å². The minimum absolute atomic E-state index is 0.0224. The van der Waals surface area contributed by atoms with Crippen molar-refractivity contribution in [2.45, 2.75) is 31.2 Å². The van der Waals surface area contributed by atoms with Crippen molar-refractivity contribution in [2.75, 3.05) is 4.90 Å². The second kappa shape index (κ2) is 4.07. The zero-order valence-electron chi connectivity index (χ0n) is 9.16. The number of fused-ring (bicyclic) bond motifs is 1. The number of rotatable bonds is 1. The normalized spacial score (nSPS) is 18.8. The Kier molecular flexibility index (Phi) is 2.90. The van der Waals surface area contributed by atoms with Gasteiger partial charge in [0.1, 0.15) is 5.82 Å². The monoisotopic (exact) mass is 240 g/mol. The number of amides is 1. The van der Waals surface area contributed by atoms with E-state index in [9.17, 15) is 9.18 Å². The Bertz CT molecular complexity index is 450. The number of hydrogen-bond donors (Lipinski definition) is 1. The van der Waals surface area contributed by atoms with E-state index in [2.05, 4.69) is 0 Å². The summed E-state index contributed by atoms with van der Waals surface area (Å²) in [6.07, 6.45) is 0.696.